The standard InChI is InChI=1S/C22H22F2N6S/c1-22(23,24)17-12-28-21(29-15-3-2-6-25-11-15)30-19(17)18-16-5-4-13(9-14(16)10-27-18)20-26-7-8-31-20/h4-5,7-9,12,15,25H,2-3,6,10-11H2,1H3,(H,28,29,30)/t15-/m0/s1. The fourth-order valence-electron chi connectivity index (χ4n) is 4.02. The summed E-state index contributed by atoms with van der Waals surface area (Å²) in [7, 11) is 0. The zero-order chi connectivity index (χ0) is 21.4. The van der Waals surface area contributed by atoms with Gasteiger partial charge in [0.05, 0.1) is 17.8 Å². The Morgan fingerprint density at radius 1 is 1.26 bits per heavy atom. The van der Waals surface area contributed by atoms with Crippen LogP contribution in [0.2, 0.25) is 0 Å². The Kier molecular flexibility index (Phi) is 5.23. The number of thiazole rings is 1. The Labute approximate surface area is 182 Å². The summed E-state index contributed by atoms with van der Waals surface area (Å²) in [5, 5.41) is 9.46. The number of rotatable bonds is 5. The fraction of sp³-hybridized carbons (Fsp3) is 0.364. The van der Waals surface area contributed by atoms with E-state index < -0.39 is 5.92 Å². The van der Waals surface area contributed by atoms with E-state index in [0.717, 1.165) is 54.6 Å². The lowest BCUT2D eigenvalue weighted by Crippen LogP contribution is -2.39. The van der Waals surface area contributed by atoms with Crippen LogP contribution in [0.5, 0.6) is 0 Å². The molecule has 0 spiro atoms. The van der Waals surface area contributed by atoms with Gasteiger partial charge in [0, 0.05) is 48.4 Å². The average molecular weight is 441 g/mol. The van der Waals surface area contributed by atoms with Gasteiger partial charge in [-0.25, -0.2) is 23.7 Å². The molecule has 2 aliphatic rings. The molecule has 6 nitrogen and oxygen atoms in total. The molecule has 0 unspecified atom stereocenters. The van der Waals surface area contributed by atoms with Gasteiger partial charge in [-0.1, -0.05) is 12.1 Å². The number of fused-ring (bicyclic) bond motifs is 1. The number of halogens is 2. The largest absolute Gasteiger partial charge is 0.350 e. The quantitative estimate of drug-likeness (QED) is 0.621. The molecule has 0 radical (unpaired) electrons. The minimum atomic E-state index is -3.08. The van der Waals surface area contributed by atoms with Crippen LogP contribution in [-0.2, 0) is 12.5 Å². The molecule has 0 amide bonds. The van der Waals surface area contributed by atoms with Crippen LogP contribution in [0.25, 0.3) is 10.6 Å². The van der Waals surface area contributed by atoms with Gasteiger partial charge in [0.25, 0.3) is 5.92 Å². The van der Waals surface area contributed by atoms with E-state index in [2.05, 4.69) is 30.6 Å². The van der Waals surface area contributed by atoms with Crippen molar-refractivity contribution in [2.45, 2.75) is 38.3 Å². The number of piperidine rings is 1. The van der Waals surface area contributed by atoms with Gasteiger partial charge in [0.2, 0.25) is 5.95 Å². The van der Waals surface area contributed by atoms with Gasteiger partial charge in [-0.3, -0.25) is 4.99 Å². The molecular weight excluding hydrogens is 418 g/mol. The van der Waals surface area contributed by atoms with Gasteiger partial charge in [0.1, 0.15) is 10.7 Å². The van der Waals surface area contributed by atoms with Crippen molar-refractivity contribution >= 4 is 23.0 Å². The molecule has 2 aliphatic heterocycles. The summed E-state index contributed by atoms with van der Waals surface area (Å²) < 4.78 is 28.8. The Balaban J connectivity index is 1.51. The number of nitrogens with zero attached hydrogens (tertiary/aromatic N) is 4. The zero-order valence-electron chi connectivity index (χ0n) is 17.0. The number of benzene rings is 1. The van der Waals surface area contributed by atoms with E-state index >= 15 is 0 Å². The summed E-state index contributed by atoms with van der Waals surface area (Å²) in [6.45, 7) is 3.09. The Morgan fingerprint density at radius 2 is 2.16 bits per heavy atom. The van der Waals surface area contributed by atoms with E-state index in [0.29, 0.717) is 18.2 Å². The maximum atomic E-state index is 14.4. The van der Waals surface area contributed by atoms with Crippen LogP contribution >= 0.6 is 11.3 Å². The molecule has 0 bridgehead atoms. The van der Waals surface area contributed by atoms with Crippen LogP contribution in [0.15, 0.2) is 41.0 Å². The van der Waals surface area contributed by atoms with Crippen molar-refractivity contribution in [2.75, 3.05) is 18.4 Å². The second kappa shape index (κ2) is 8.05. The van der Waals surface area contributed by atoms with E-state index in [-0.39, 0.29) is 17.3 Å². The van der Waals surface area contributed by atoms with Crippen molar-refractivity contribution in [3.63, 3.8) is 0 Å². The van der Waals surface area contributed by atoms with Crippen molar-refractivity contribution in [3.8, 4) is 10.6 Å². The Hall–Kier alpha value is -2.78. The number of anilines is 1. The van der Waals surface area contributed by atoms with Crippen LogP contribution in [-0.4, -0.2) is 39.8 Å². The summed E-state index contributed by atoms with van der Waals surface area (Å²) in [5.41, 5.74) is 3.28. The highest BCUT2D eigenvalue weighted by atomic mass is 32.1. The third-order valence-electron chi connectivity index (χ3n) is 5.56. The van der Waals surface area contributed by atoms with Gasteiger partial charge >= 0.3 is 0 Å². The number of alkyl halides is 2. The van der Waals surface area contributed by atoms with Crippen molar-refractivity contribution in [3.05, 3.63) is 58.4 Å². The molecule has 1 fully saturated rings. The summed E-state index contributed by atoms with van der Waals surface area (Å²) in [4.78, 5) is 17.6. The van der Waals surface area contributed by atoms with Crippen molar-refractivity contribution in [1.29, 1.82) is 0 Å². The van der Waals surface area contributed by atoms with Gasteiger partial charge in [-0.05, 0) is 31.0 Å². The van der Waals surface area contributed by atoms with Crippen LogP contribution in [0.3, 0.4) is 0 Å². The number of aromatic nitrogens is 3. The third kappa shape index (κ3) is 4.07. The summed E-state index contributed by atoms with van der Waals surface area (Å²) in [6, 6.07) is 6.09. The van der Waals surface area contributed by atoms with Gasteiger partial charge in [-0.15, -0.1) is 11.3 Å². The van der Waals surface area contributed by atoms with Crippen molar-refractivity contribution < 1.29 is 8.78 Å². The molecule has 2 aromatic heterocycles. The lowest BCUT2D eigenvalue weighted by molar-refractivity contribution is 0.0166. The molecule has 2 N–H and O–H groups in total. The van der Waals surface area contributed by atoms with Gasteiger partial charge in [0.15, 0.2) is 0 Å². The van der Waals surface area contributed by atoms with E-state index in [1.165, 1.54) is 6.20 Å². The van der Waals surface area contributed by atoms with Crippen molar-refractivity contribution in [1.82, 2.24) is 20.3 Å². The first kappa shape index (κ1) is 20.1. The highest BCUT2D eigenvalue weighted by Crippen LogP contribution is 2.34. The fourth-order valence-corrected chi connectivity index (χ4v) is 4.65. The molecule has 1 aromatic carbocycles. The summed E-state index contributed by atoms with van der Waals surface area (Å²) in [6.07, 6.45) is 5.03. The first-order valence-electron chi connectivity index (χ1n) is 10.3. The zero-order valence-corrected chi connectivity index (χ0v) is 17.8. The van der Waals surface area contributed by atoms with E-state index in [9.17, 15) is 8.78 Å². The summed E-state index contributed by atoms with van der Waals surface area (Å²) in [5.74, 6) is -2.72. The molecule has 1 atom stereocenters. The topological polar surface area (TPSA) is 75.1 Å². The lowest BCUT2D eigenvalue weighted by Gasteiger charge is -2.24. The van der Waals surface area contributed by atoms with Gasteiger partial charge < -0.3 is 10.6 Å². The second-order valence-corrected chi connectivity index (χ2v) is 8.80. The lowest BCUT2D eigenvalue weighted by atomic mass is 9.97. The predicted molar refractivity (Wildman–Crippen MR) is 118 cm³/mol. The molecule has 31 heavy (non-hydrogen) atoms. The monoisotopic (exact) mass is 440 g/mol. The maximum absolute atomic E-state index is 14.4. The predicted octanol–water partition coefficient (Wildman–Crippen LogP) is 4.23. The number of nitrogens with one attached hydrogen (secondary N) is 2. The molecule has 0 saturated carbocycles. The number of hydrogen-bond acceptors (Lipinski definition) is 7. The van der Waals surface area contributed by atoms with Crippen molar-refractivity contribution in [2.24, 2.45) is 4.99 Å². The smallest absolute Gasteiger partial charge is 0.274 e. The first-order chi connectivity index (χ1) is 15.0. The number of hydrogen-bond donors (Lipinski definition) is 2. The molecule has 0 aliphatic carbocycles. The van der Waals surface area contributed by atoms with E-state index in [1.807, 2.05) is 23.6 Å². The highest BCUT2D eigenvalue weighted by molar-refractivity contribution is 7.13. The summed E-state index contributed by atoms with van der Waals surface area (Å²) >= 11 is 1.56. The second-order valence-electron chi connectivity index (χ2n) is 7.91. The van der Waals surface area contributed by atoms with Crippen LogP contribution < -0.4 is 10.6 Å². The van der Waals surface area contributed by atoms with Gasteiger partial charge in [-0.2, -0.15) is 0 Å². The molecular formula is C22H22F2N6S. The minimum Gasteiger partial charge on any atom is -0.350 e. The van der Waals surface area contributed by atoms with E-state index in [4.69, 9.17) is 0 Å². The Morgan fingerprint density at radius 3 is 2.90 bits per heavy atom. The minimum absolute atomic E-state index is 0.174. The normalized spacial score (nSPS) is 18.5. The maximum Gasteiger partial charge on any atom is 0.274 e. The Bertz CT molecular complexity index is 1120. The third-order valence-corrected chi connectivity index (χ3v) is 6.39. The molecule has 5 rings (SSSR count). The first-order valence-corrected chi connectivity index (χ1v) is 11.2. The van der Waals surface area contributed by atoms with E-state index in [1.54, 1.807) is 17.5 Å². The molecule has 160 valence electrons. The average Bonchev–Trinajstić information content (AvgIpc) is 3.43. The SMILES string of the molecule is CC(F)(F)c1cnc(N[C@H]2CCCNC2)nc1C1=NCc2cc(-c3nccs3)ccc21. The number of aliphatic imine (C=N–C) groups is 1. The van der Waals surface area contributed by atoms with Crippen LogP contribution in [0.4, 0.5) is 14.7 Å². The van der Waals surface area contributed by atoms with Crippen LogP contribution in [0, 0.1) is 0 Å². The highest BCUT2D eigenvalue weighted by Gasteiger charge is 2.33. The molecule has 9 heteroatoms. The molecule has 4 heterocycles. The molecule has 1 saturated heterocycles. The molecule has 3 aromatic rings. The van der Waals surface area contributed by atoms with Crippen LogP contribution in [0.1, 0.15) is 42.1 Å².